The number of ether oxygens (including phenoxy) is 1. The van der Waals surface area contributed by atoms with Crippen LogP contribution in [0.5, 0.6) is 5.75 Å². The molecule has 6 heteroatoms. The maximum Gasteiger partial charge on any atom is 0.573 e. The predicted molar refractivity (Wildman–Crippen MR) is 73.3 cm³/mol. The summed E-state index contributed by atoms with van der Waals surface area (Å²) < 4.78 is 40.9. The first-order valence-electron chi connectivity index (χ1n) is 5.72. The number of benzene rings is 2. The molecule has 106 valence electrons. The lowest BCUT2D eigenvalue weighted by Crippen LogP contribution is -2.17. The van der Waals surface area contributed by atoms with Crippen LogP contribution < -0.4 is 10.5 Å². The summed E-state index contributed by atoms with van der Waals surface area (Å²) >= 11 is 3.39. The second-order valence-electron chi connectivity index (χ2n) is 4.12. The molecule has 0 aliphatic heterocycles. The van der Waals surface area contributed by atoms with Gasteiger partial charge in [0.25, 0.3) is 0 Å². The molecule has 0 aliphatic carbocycles. The highest BCUT2D eigenvalue weighted by Gasteiger charge is 2.31. The molecule has 0 bridgehead atoms. The Morgan fingerprint density at radius 1 is 1.00 bits per heavy atom. The molecule has 0 radical (unpaired) electrons. The van der Waals surface area contributed by atoms with Crippen LogP contribution in [0.4, 0.5) is 13.2 Å². The Morgan fingerprint density at radius 3 is 2.15 bits per heavy atom. The van der Waals surface area contributed by atoms with Crippen LogP contribution in [0.1, 0.15) is 17.2 Å². The molecule has 0 spiro atoms. The van der Waals surface area contributed by atoms with Crippen molar-refractivity contribution in [3.63, 3.8) is 0 Å². The lowest BCUT2D eigenvalue weighted by Gasteiger charge is -2.15. The van der Waals surface area contributed by atoms with Crippen LogP contribution in [-0.4, -0.2) is 6.36 Å². The maximum absolute atomic E-state index is 12.1. The Bertz CT molecular complexity index is 584. The monoisotopic (exact) mass is 345 g/mol. The molecule has 0 aromatic heterocycles. The maximum atomic E-state index is 12.1. The molecular formula is C14H11BrF3NO. The highest BCUT2D eigenvalue weighted by atomic mass is 79.9. The topological polar surface area (TPSA) is 35.2 Å². The Balaban J connectivity index is 2.20. The predicted octanol–water partition coefficient (Wildman–Crippen LogP) is 4.40. The van der Waals surface area contributed by atoms with Crippen molar-refractivity contribution in [2.45, 2.75) is 12.4 Å². The van der Waals surface area contributed by atoms with Gasteiger partial charge in [0.15, 0.2) is 0 Å². The number of rotatable bonds is 3. The van der Waals surface area contributed by atoms with Gasteiger partial charge < -0.3 is 10.5 Å². The SMILES string of the molecule is N[C@H](c1ccc(OC(F)(F)F)cc1)c1ccccc1Br. The van der Waals surface area contributed by atoms with Gasteiger partial charge in [0.1, 0.15) is 5.75 Å². The van der Waals surface area contributed by atoms with E-state index in [1.165, 1.54) is 24.3 Å². The zero-order valence-corrected chi connectivity index (χ0v) is 11.8. The van der Waals surface area contributed by atoms with Gasteiger partial charge >= 0.3 is 6.36 Å². The lowest BCUT2D eigenvalue weighted by atomic mass is 10.00. The van der Waals surface area contributed by atoms with Crippen molar-refractivity contribution >= 4 is 15.9 Å². The minimum absolute atomic E-state index is 0.263. The van der Waals surface area contributed by atoms with Crippen molar-refractivity contribution in [2.75, 3.05) is 0 Å². The first kappa shape index (κ1) is 14.9. The summed E-state index contributed by atoms with van der Waals surface area (Å²) in [5, 5.41) is 0. The smallest absolute Gasteiger partial charge is 0.406 e. The molecular weight excluding hydrogens is 335 g/mol. The van der Waals surface area contributed by atoms with E-state index in [9.17, 15) is 13.2 Å². The summed E-state index contributed by atoms with van der Waals surface area (Å²) in [6.45, 7) is 0. The van der Waals surface area contributed by atoms with Crippen molar-refractivity contribution in [3.8, 4) is 5.75 Å². The molecule has 0 aliphatic rings. The summed E-state index contributed by atoms with van der Waals surface area (Å²) in [7, 11) is 0. The third-order valence-corrected chi connectivity index (χ3v) is 3.44. The van der Waals surface area contributed by atoms with Crippen LogP contribution in [0.25, 0.3) is 0 Å². The van der Waals surface area contributed by atoms with Crippen molar-refractivity contribution in [1.29, 1.82) is 0 Å². The molecule has 2 rings (SSSR count). The lowest BCUT2D eigenvalue weighted by molar-refractivity contribution is -0.274. The van der Waals surface area contributed by atoms with Gasteiger partial charge in [-0.3, -0.25) is 0 Å². The number of nitrogens with two attached hydrogens (primary N) is 1. The quantitative estimate of drug-likeness (QED) is 0.894. The van der Waals surface area contributed by atoms with Crippen molar-refractivity contribution in [1.82, 2.24) is 0 Å². The summed E-state index contributed by atoms with van der Waals surface area (Å²) in [4.78, 5) is 0. The highest BCUT2D eigenvalue weighted by molar-refractivity contribution is 9.10. The van der Waals surface area contributed by atoms with Gasteiger partial charge in [0, 0.05) is 4.47 Å². The fourth-order valence-corrected chi connectivity index (χ4v) is 2.32. The molecule has 2 N–H and O–H groups in total. The molecule has 0 fully saturated rings. The molecule has 2 aromatic carbocycles. The molecule has 0 unspecified atom stereocenters. The first-order valence-corrected chi connectivity index (χ1v) is 6.52. The van der Waals surface area contributed by atoms with Crippen LogP contribution in [0.15, 0.2) is 53.0 Å². The average Bonchev–Trinajstić information content (AvgIpc) is 2.37. The summed E-state index contributed by atoms with van der Waals surface area (Å²) in [5.41, 5.74) is 7.66. The molecule has 0 amide bonds. The van der Waals surface area contributed by atoms with Crippen LogP contribution in [0.3, 0.4) is 0 Å². The van der Waals surface area contributed by atoms with E-state index < -0.39 is 12.4 Å². The zero-order chi connectivity index (χ0) is 14.8. The van der Waals surface area contributed by atoms with Gasteiger partial charge in [0.2, 0.25) is 0 Å². The summed E-state index contributed by atoms with van der Waals surface area (Å²) in [6.07, 6.45) is -4.69. The Hall–Kier alpha value is -1.53. The van der Waals surface area contributed by atoms with Crippen molar-refractivity contribution in [3.05, 3.63) is 64.1 Å². The Kier molecular flexibility index (Phi) is 4.35. The molecule has 0 saturated heterocycles. The van der Waals surface area contributed by atoms with Crippen LogP contribution >= 0.6 is 15.9 Å². The average molecular weight is 346 g/mol. The second kappa shape index (κ2) is 5.85. The molecule has 2 aromatic rings. The molecule has 0 saturated carbocycles. The van der Waals surface area contributed by atoms with E-state index in [2.05, 4.69) is 20.7 Å². The number of hydrogen-bond donors (Lipinski definition) is 1. The van der Waals surface area contributed by atoms with Crippen molar-refractivity contribution in [2.24, 2.45) is 5.73 Å². The van der Waals surface area contributed by atoms with E-state index in [0.717, 1.165) is 10.0 Å². The standard InChI is InChI=1S/C14H11BrF3NO/c15-12-4-2-1-3-11(12)13(19)9-5-7-10(8-6-9)20-14(16,17)18/h1-8,13H,19H2/t13-/m1/s1. The van der Waals surface area contributed by atoms with Gasteiger partial charge in [0.05, 0.1) is 6.04 Å². The van der Waals surface area contributed by atoms with Gasteiger partial charge in [-0.2, -0.15) is 0 Å². The molecule has 0 heterocycles. The van der Waals surface area contributed by atoms with E-state index in [1.807, 2.05) is 24.3 Å². The highest BCUT2D eigenvalue weighted by Crippen LogP contribution is 2.29. The van der Waals surface area contributed by atoms with Gasteiger partial charge in [-0.05, 0) is 29.3 Å². The summed E-state index contributed by atoms with van der Waals surface area (Å²) in [6, 6.07) is 12.5. The molecule has 20 heavy (non-hydrogen) atoms. The number of hydrogen-bond acceptors (Lipinski definition) is 2. The first-order chi connectivity index (χ1) is 9.37. The largest absolute Gasteiger partial charge is 0.573 e. The van der Waals surface area contributed by atoms with Crippen molar-refractivity contribution < 1.29 is 17.9 Å². The third-order valence-electron chi connectivity index (χ3n) is 2.71. The van der Waals surface area contributed by atoms with E-state index in [1.54, 1.807) is 0 Å². The van der Waals surface area contributed by atoms with Gasteiger partial charge in [-0.25, -0.2) is 0 Å². The van der Waals surface area contributed by atoms with E-state index in [4.69, 9.17) is 5.73 Å². The minimum atomic E-state index is -4.69. The number of alkyl halides is 3. The van der Waals surface area contributed by atoms with Gasteiger partial charge in [-0.1, -0.05) is 46.3 Å². The minimum Gasteiger partial charge on any atom is -0.406 e. The summed E-state index contributed by atoms with van der Waals surface area (Å²) in [5.74, 6) is -0.263. The number of halogens is 4. The Morgan fingerprint density at radius 2 is 1.60 bits per heavy atom. The molecule has 2 nitrogen and oxygen atoms in total. The third kappa shape index (κ3) is 3.74. The van der Waals surface area contributed by atoms with E-state index in [0.29, 0.717) is 5.56 Å². The zero-order valence-electron chi connectivity index (χ0n) is 10.2. The fraction of sp³-hybridized carbons (Fsp3) is 0.143. The van der Waals surface area contributed by atoms with Crippen LogP contribution in [-0.2, 0) is 0 Å². The molecule has 1 atom stereocenters. The van der Waals surface area contributed by atoms with Crippen LogP contribution in [0.2, 0.25) is 0 Å². The van der Waals surface area contributed by atoms with E-state index in [-0.39, 0.29) is 5.75 Å². The normalized spacial score (nSPS) is 13.1. The van der Waals surface area contributed by atoms with Crippen LogP contribution in [0, 0.1) is 0 Å². The van der Waals surface area contributed by atoms with E-state index >= 15 is 0 Å². The Labute approximate surface area is 122 Å². The fourth-order valence-electron chi connectivity index (χ4n) is 1.78. The second-order valence-corrected chi connectivity index (χ2v) is 4.97. The van der Waals surface area contributed by atoms with Gasteiger partial charge in [-0.15, -0.1) is 13.2 Å².